The molecule has 0 aliphatic rings. The molecule has 0 saturated carbocycles. The lowest BCUT2D eigenvalue weighted by Crippen LogP contribution is -2.38. The van der Waals surface area contributed by atoms with Gasteiger partial charge in [0.15, 0.2) is 12.4 Å². The van der Waals surface area contributed by atoms with Crippen molar-refractivity contribution in [3.05, 3.63) is 53.7 Å². The first kappa shape index (κ1) is 18.8. The Morgan fingerprint density at radius 3 is 2.70 bits per heavy atom. The molecule has 0 aliphatic heterocycles. The minimum absolute atomic E-state index is 0.224. The summed E-state index contributed by atoms with van der Waals surface area (Å²) in [5.41, 5.74) is 1.45. The van der Waals surface area contributed by atoms with E-state index >= 15 is 0 Å². The van der Waals surface area contributed by atoms with Gasteiger partial charge in [-0.15, -0.1) is 0 Å². The molecule has 0 spiro atoms. The molecule has 0 atom stereocenters. The average Bonchev–Trinajstić information content (AvgIpc) is 2.67. The van der Waals surface area contributed by atoms with Crippen LogP contribution in [-0.4, -0.2) is 39.8 Å². The molecule has 7 heteroatoms. The highest BCUT2D eigenvalue weighted by atomic mass is 35.5. The summed E-state index contributed by atoms with van der Waals surface area (Å²) in [6, 6.07) is 14.3. The van der Waals surface area contributed by atoms with Crippen molar-refractivity contribution in [1.29, 1.82) is 0 Å². The number of aromatic nitrogens is 2. The van der Waals surface area contributed by atoms with Crippen molar-refractivity contribution in [3.63, 3.8) is 0 Å². The molecule has 2 amide bonds. The van der Waals surface area contributed by atoms with Crippen LogP contribution in [0.3, 0.4) is 0 Å². The Bertz CT molecular complexity index is 991. The van der Waals surface area contributed by atoms with Crippen LogP contribution in [0.15, 0.2) is 48.5 Å². The van der Waals surface area contributed by atoms with Crippen molar-refractivity contribution < 1.29 is 14.3 Å². The van der Waals surface area contributed by atoms with Gasteiger partial charge < -0.3 is 4.74 Å². The van der Waals surface area contributed by atoms with E-state index < -0.39 is 5.91 Å². The first-order valence-electron chi connectivity index (χ1n) is 8.41. The van der Waals surface area contributed by atoms with Crippen LogP contribution in [0.4, 0.5) is 0 Å². The molecule has 3 rings (SSSR count). The lowest BCUT2D eigenvalue weighted by atomic mass is 10.2. The molecule has 0 unspecified atom stereocenters. The van der Waals surface area contributed by atoms with Gasteiger partial charge in [-0.05, 0) is 38.1 Å². The third kappa shape index (κ3) is 4.23. The van der Waals surface area contributed by atoms with Gasteiger partial charge in [0.25, 0.3) is 5.91 Å². The number of nitrogens with zero attached hydrogens (tertiary/aromatic N) is 3. The number of hydrogen-bond donors (Lipinski definition) is 0. The number of imide groups is 1. The zero-order chi connectivity index (χ0) is 19.4. The van der Waals surface area contributed by atoms with Crippen molar-refractivity contribution in [2.24, 2.45) is 0 Å². The van der Waals surface area contributed by atoms with Gasteiger partial charge in [-0.1, -0.05) is 35.9 Å². The van der Waals surface area contributed by atoms with E-state index in [9.17, 15) is 9.59 Å². The highest BCUT2D eigenvalue weighted by Gasteiger charge is 2.16. The molecular weight excluding hydrogens is 366 g/mol. The van der Waals surface area contributed by atoms with Crippen LogP contribution in [0.25, 0.3) is 22.3 Å². The van der Waals surface area contributed by atoms with E-state index in [-0.39, 0.29) is 12.6 Å². The molecule has 2 aromatic carbocycles. The number of carbonyl (C=O) groups is 2. The van der Waals surface area contributed by atoms with Crippen molar-refractivity contribution in [3.8, 4) is 17.1 Å². The first-order valence-corrected chi connectivity index (χ1v) is 8.79. The fourth-order valence-electron chi connectivity index (χ4n) is 2.58. The fourth-order valence-corrected chi connectivity index (χ4v) is 2.82. The maximum atomic E-state index is 12.1. The number of benzene rings is 2. The summed E-state index contributed by atoms with van der Waals surface area (Å²) in [6.45, 7) is 3.28. The first-order chi connectivity index (χ1) is 13.0. The van der Waals surface area contributed by atoms with Gasteiger partial charge in [-0.2, -0.15) is 0 Å². The lowest BCUT2D eigenvalue weighted by Gasteiger charge is -2.19. The number of hydrogen-bond acceptors (Lipinski definition) is 5. The van der Waals surface area contributed by atoms with Gasteiger partial charge in [-0.25, -0.2) is 9.97 Å². The van der Waals surface area contributed by atoms with E-state index in [0.717, 1.165) is 15.8 Å². The lowest BCUT2D eigenvalue weighted by molar-refractivity contribution is -0.141. The van der Waals surface area contributed by atoms with E-state index in [1.807, 2.05) is 30.3 Å². The Kier molecular flexibility index (Phi) is 5.66. The number of para-hydroxylation sites is 1. The van der Waals surface area contributed by atoms with Gasteiger partial charge in [-0.3, -0.25) is 14.5 Å². The summed E-state index contributed by atoms with van der Waals surface area (Å²) in [5.74, 6) is 0.533. The molecule has 0 N–H and O–H groups in total. The summed E-state index contributed by atoms with van der Waals surface area (Å²) >= 11 is 6.27. The smallest absolute Gasteiger partial charge is 0.267 e. The molecule has 6 nitrogen and oxygen atoms in total. The number of carbonyl (C=O) groups excluding carboxylic acids is 2. The third-order valence-corrected chi connectivity index (χ3v) is 4.26. The van der Waals surface area contributed by atoms with Gasteiger partial charge in [0, 0.05) is 17.0 Å². The third-order valence-electron chi connectivity index (χ3n) is 3.97. The molecular formula is C20H18ClN3O3. The number of fused-ring (bicyclic) bond motifs is 1. The van der Waals surface area contributed by atoms with Crippen molar-refractivity contribution >= 4 is 34.8 Å². The summed E-state index contributed by atoms with van der Waals surface area (Å²) in [6.07, 6.45) is 0.512. The largest absolute Gasteiger partial charge is 0.484 e. The highest BCUT2D eigenvalue weighted by molar-refractivity contribution is 6.34. The second-order valence-corrected chi connectivity index (χ2v) is 6.53. The molecule has 0 aliphatic carbocycles. The van der Waals surface area contributed by atoms with Crippen LogP contribution in [-0.2, 0) is 9.59 Å². The molecule has 3 aromatic rings. The maximum absolute atomic E-state index is 12.1. The Morgan fingerprint density at radius 2 is 1.96 bits per heavy atom. The van der Waals surface area contributed by atoms with E-state index in [1.54, 1.807) is 32.0 Å². The minimum atomic E-state index is -0.407. The van der Waals surface area contributed by atoms with E-state index in [0.29, 0.717) is 28.7 Å². The second-order valence-electron chi connectivity index (χ2n) is 6.17. The SMILES string of the molecule is CC(C)N(C=O)C(=O)COc1cccc(-c2nc(Cl)c3ccccc3n2)c1. The summed E-state index contributed by atoms with van der Waals surface area (Å²) in [5, 5.41) is 1.15. The summed E-state index contributed by atoms with van der Waals surface area (Å²) < 4.78 is 5.54. The Labute approximate surface area is 161 Å². The van der Waals surface area contributed by atoms with E-state index in [4.69, 9.17) is 16.3 Å². The molecule has 0 fully saturated rings. The summed E-state index contributed by atoms with van der Waals surface area (Å²) in [4.78, 5) is 33.0. The molecule has 27 heavy (non-hydrogen) atoms. The van der Waals surface area contributed by atoms with Crippen molar-refractivity contribution in [2.45, 2.75) is 19.9 Å². The summed E-state index contributed by atoms with van der Waals surface area (Å²) in [7, 11) is 0. The zero-order valence-corrected chi connectivity index (χ0v) is 15.7. The number of ether oxygens (including phenoxy) is 1. The Hall–Kier alpha value is -2.99. The Morgan fingerprint density at radius 1 is 1.19 bits per heavy atom. The molecule has 0 bridgehead atoms. The standard InChI is InChI=1S/C20H18ClN3O3/c1-13(2)24(12-25)18(26)11-27-15-7-5-6-14(10-15)20-22-17-9-4-3-8-16(17)19(21)23-20/h3-10,12-13H,11H2,1-2H3. The van der Waals surface area contributed by atoms with Gasteiger partial charge >= 0.3 is 0 Å². The van der Waals surface area contributed by atoms with E-state index in [1.165, 1.54) is 0 Å². The molecule has 138 valence electrons. The molecule has 0 saturated heterocycles. The average molecular weight is 384 g/mol. The van der Waals surface area contributed by atoms with Crippen LogP contribution in [0, 0.1) is 0 Å². The highest BCUT2D eigenvalue weighted by Crippen LogP contribution is 2.26. The van der Waals surface area contributed by atoms with E-state index in [2.05, 4.69) is 9.97 Å². The van der Waals surface area contributed by atoms with Gasteiger partial charge in [0.05, 0.1) is 5.52 Å². The normalized spacial score (nSPS) is 10.8. The topological polar surface area (TPSA) is 72.4 Å². The zero-order valence-electron chi connectivity index (χ0n) is 14.9. The molecule has 1 heterocycles. The minimum Gasteiger partial charge on any atom is -0.484 e. The monoisotopic (exact) mass is 383 g/mol. The molecule has 0 radical (unpaired) electrons. The van der Waals surface area contributed by atoms with Gasteiger partial charge in [0.2, 0.25) is 6.41 Å². The fraction of sp³-hybridized carbons (Fsp3) is 0.200. The predicted molar refractivity (Wildman–Crippen MR) is 104 cm³/mol. The van der Waals surface area contributed by atoms with Crippen LogP contribution < -0.4 is 4.74 Å². The van der Waals surface area contributed by atoms with Gasteiger partial charge in [0.1, 0.15) is 10.9 Å². The van der Waals surface area contributed by atoms with Crippen molar-refractivity contribution in [2.75, 3.05) is 6.61 Å². The number of rotatable bonds is 6. The van der Waals surface area contributed by atoms with Crippen molar-refractivity contribution in [1.82, 2.24) is 14.9 Å². The van der Waals surface area contributed by atoms with Crippen LogP contribution in [0.1, 0.15) is 13.8 Å². The van der Waals surface area contributed by atoms with Crippen LogP contribution in [0.2, 0.25) is 5.15 Å². The predicted octanol–water partition coefficient (Wildman–Crippen LogP) is 3.72. The number of halogens is 1. The quantitative estimate of drug-likeness (QED) is 0.479. The second kappa shape index (κ2) is 8.14. The number of amides is 2. The van der Waals surface area contributed by atoms with Crippen LogP contribution in [0.5, 0.6) is 5.75 Å². The Balaban J connectivity index is 1.82. The molecule has 1 aromatic heterocycles. The maximum Gasteiger partial charge on any atom is 0.267 e. The van der Waals surface area contributed by atoms with Crippen LogP contribution >= 0.6 is 11.6 Å².